The van der Waals surface area contributed by atoms with Gasteiger partial charge in [-0.05, 0) is 45.4 Å². The van der Waals surface area contributed by atoms with Crippen molar-refractivity contribution >= 4 is 23.6 Å². The van der Waals surface area contributed by atoms with Crippen molar-refractivity contribution in [2.75, 3.05) is 5.75 Å². The van der Waals surface area contributed by atoms with Gasteiger partial charge in [0.25, 0.3) is 0 Å². The largest absolute Gasteiger partial charge is 0.352 e. The number of benzene rings is 2. The summed E-state index contributed by atoms with van der Waals surface area (Å²) < 4.78 is 0. The van der Waals surface area contributed by atoms with E-state index >= 15 is 0 Å². The van der Waals surface area contributed by atoms with Gasteiger partial charge in [0, 0.05) is 17.5 Å². The fraction of sp³-hybridized carbons (Fsp3) is 0.364. The Morgan fingerprint density at radius 3 is 2.22 bits per heavy atom. The molecule has 1 atom stereocenters. The highest BCUT2D eigenvalue weighted by molar-refractivity contribution is 8.00. The first-order valence-electron chi connectivity index (χ1n) is 9.20. The van der Waals surface area contributed by atoms with Gasteiger partial charge in [-0.25, -0.2) is 0 Å². The fourth-order valence-corrected chi connectivity index (χ4v) is 3.43. The Hall–Kier alpha value is -2.27. The molecule has 2 rings (SSSR count). The van der Waals surface area contributed by atoms with Gasteiger partial charge in [0.05, 0.1) is 5.75 Å². The van der Waals surface area contributed by atoms with Gasteiger partial charge in [-0.2, -0.15) is 0 Å². The summed E-state index contributed by atoms with van der Waals surface area (Å²) in [7, 11) is 0. The van der Waals surface area contributed by atoms with E-state index in [0.717, 1.165) is 10.5 Å². The van der Waals surface area contributed by atoms with Crippen LogP contribution < -0.4 is 5.32 Å². The first-order valence-corrected chi connectivity index (χ1v) is 10.2. The molecule has 0 aliphatic carbocycles. The normalized spacial score (nSPS) is 11.9. The molecule has 2 aromatic carbocycles. The van der Waals surface area contributed by atoms with Crippen LogP contribution in [0.2, 0.25) is 0 Å². The van der Waals surface area contributed by atoms with Crippen LogP contribution in [0.3, 0.4) is 0 Å². The maximum Gasteiger partial charge on any atom is 0.242 e. The summed E-state index contributed by atoms with van der Waals surface area (Å²) in [6, 6.07) is 17.4. The molecule has 1 N–H and O–H groups in total. The van der Waals surface area contributed by atoms with E-state index in [4.69, 9.17) is 0 Å². The summed E-state index contributed by atoms with van der Waals surface area (Å²) in [5, 5.41) is 2.91. The first kappa shape index (κ1) is 21.0. The van der Waals surface area contributed by atoms with Gasteiger partial charge in [0.15, 0.2) is 0 Å². The number of amides is 2. The van der Waals surface area contributed by atoms with E-state index in [-0.39, 0.29) is 17.9 Å². The van der Waals surface area contributed by atoms with Crippen molar-refractivity contribution < 1.29 is 9.59 Å². The number of carbonyl (C=O) groups excluding carboxylic acids is 2. The Balaban J connectivity index is 2.12. The van der Waals surface area contributed by atoms with Crippen LogP contribution in [0, 0.1) is 6.92 Å². The Kier molecular flexibility index (Phi) is 7.92. The van der Waals surface area contributed by atoms with Crippen molar-refractivity contribution in [1.29, 1.82) is 0 Å². The zero-order valence-electron chi connectivity index (χ0n) is 16.4. The number of rotatable bonds is 8. The Bertz CT molecular complexity index is 745. The van der Waals surface area contributed by atoms with E-state index in [2.05, 4.69) is 5.32 Å². The van der Waals surface area contributed by atoms with E-state index in [0.29, 0.717) is 12.3 Å². The van der Waals surface area contributed by atoms with Crippen LogP contribution in [0.1, 0.15) is 31.9 Å². The Morgan fingerprint density at radius 2 is 1.63 bits per heavy atom. The van der Waals surface area contributed by atoms with Crippen molar-refractivity contribution in [1.82, 2.24) is 10.2 Å². The van der Waals surface area contributed by atoms with Gasteiger partial charge in [0.1, 0.15) is 6.04 Å². The molecular weight excluding hydrogens is 356 g/mol. The predicted molar refractivity (Wildman–Crippen MR) is 112 cm³/mol. The lowest BCUT2D eigenvalue weighted by molar-refractivity contribution is -0.138. The fourth-order valence-electron chi connectivity index (χ4n) is 2.62. The quantitative estimate of drug-likeness (QED) is 0.699. The second kappa shape index (κ2) is 10.2. The van der Waals surface area contributed by atoms with Crippen molar-refractivity contribution in [3.05, 3.63) is 65.7 Å². The van der Waals surface area contributed by atoms with Gasteiger partial charge in [-0.3, -0.25) is 9.59 Å². The van der Waals surface area contributed by atoms with Crippen molar-refractivity contribution in [3.63, 3.8) is 0 Å². The number of hydrogen-bond donors (Lipinski definition) is 1. The van der Waals surface area contributed by atoms with Crippen molar-refractivity contribution in [2.45, 2.75) is 51.2 Å². The van der Waals surface area contributed by atoms with E-state index in [9.17, 15) is 9.59 Å². The van der Waals surface area contributed by atoms with E-state index in [1.165, 1.54) is 17.3 Å². The number of nitrogens with one attached hydrogen (secondary N) is 1. The van der Waals surface area contributed by atoms with Crippen LogP contribution in [-0.2, 0) is 16.1 Å². The molecule has 0 aliphatic rings. The third kappa shape index (κ3) is 6.75. The van der Waals surface area contributed by atoms with Gasteiger partial charge in [0.2, 0.25) is 11.8 Å². The topological polar surface area (TPSA) is 49.4 Å². The number of nitrogens with zero attached hydrogens (tertiary/aromatic N) is 1. The molecule has 0 bridgehead atoms. The molecule has 0 radical (unpaired) electrons. The Morgan fingerprint density at radius 1 is 1.00 bits per heavy atom. The van der Waals surface area contributed by atoms with Crippen LogP contribution in [0.4, 0.5) is 0 Å². The molecule has 0 heterocycles. The van der Waals surface area contributed by atoms with E-state index in [1.54, 1.807) is 11.8 Å². The van der Waals surface area contributed by atoms with Gasteiger partial charge in [-0.15, -0.1) is 11.8 Å². The molecule has 2 amide bonds. The summed E-state index contributed by atoms with van der Waals surface area (Å²) in [5.41, 5.74) is 2.18. The molecule has 5 heteroatoms. The summed E-state index contributed by atoms with van der Waals surface area (Å²) >= 11 is 1.49. The SMILES string of the molecule is Cc1ccc(CN(C(=O)CSc2ccccc2)C(C)C(=O)NC(C)C)cc1. The minimum atomic E-state index is -0.530. The van der Waals surface area contributed by atoms with E-state index in [1.807, 2.05) is 75.4 Å². The van der Waals surface area contributed by atoms with Gasteiger partial charge >= 0.3 is 0 Å². The predicted octanol–water partition coefficient (Wildman–Crippen LogP) is 4.03. The highest BCUT2D eigenvalue weighted by Crippen LogP contribution is 2.19. The lowest BCUT2D eigenvalue weighted by Gasteiger charge is -2.29. The average Bonchev–Trinajstić information content (AvgIpc) is 2.65. The zero-order chi connectivity index (χ0) is 19.8. The van der Waals surface area contributed by atoms with Gasteiger partial charge < -0.3 is 10.2 Å². The molecule has 0 spiro atoms. The lowest BCUT2D eigenvalue weighted by Crippen LogP contribution is -2.49. The summed E-state index contributed by atoms with van der Waals surface area (Å²) in [4.78, 5) is 28.2. The third-order valence-electron chi connectivity index (χ3n) is 4.18. The first-order chi connectivity index (χ1) is 12.9. The molecule has 0 aliphatic heterocycles. The molecular formula is C22H28N2O2S. The van der Waals surface area contributed by atoms with E-state index < -0.39 is 6.04 Å². The number of hydrogen-bond acceptors (Lipinski definition) is 3. The van der Waals surface area contributed by atoms with Crippen LogP contribution in [0.5, 0.6) is 0 Å². The Labute approximate surface area is 166 Å². The minimum absolute atomic E-state index is 0.0370. The maximum atomic E-state index is 12.9. The molecule has 0 aromatic heterocycles. The highest BCUT2D eigenvalue weighted by Gasteiger charge is 2.26. The minimum Gasteiger partial charge on any atom is -0.352 e. The third-order valence-corrected chi connectivity index (χ3v) is 5.17. The van der Waals surface area contributed by atoms with Crippen LogP contribution >= 0.6 is 11.8 Å². The van der Waals surface area contributed by atoms with Crippen LogP contribution in [-0.4, -0.2) is 34.6 Å². The molecule has 1 unspecified atom stereocenters. The summed E-state index contributed by atoms with van der Waals surface area (Å²) in [6.45, 7) is 8.07. The smallest absolute Gasteiger partial charge is 0.242 e. The number of aryl methyl sites for hydroxylation is 1. The monoisotopic (exact) mass is 384 g/mol. The summed E-state index contributed by atoms with van der Waals surface area (Å²) in [6.07, 6.45) is 0. The van der Waals surface area contributed by atoms with Crippen LogP contribution in [0.15, 0.2) is 59.5 Å². The highest BCUT2D eigenvalue weighted by atomic mass is 32.2. The standard InChI is InChI=1S/C22H28N2O2S/c1-16(2)23-22(26)18(4)24(14-19-12-10-17(3)11-13-19)21(25)15-27-20-8-6-5-7-9-20/h5-13,16,18H,14-15H2,1-4H3,(H,23,26). The second-order valence-corrected chi connectivity index (χ2v) is 8.00. The second-order valence-electron chi connectivity index (χ2n) is 6.95. The molecule has 0 saturated heterocycles. The molecule has 0 saturated carbocycles. The molecule has 144 valence electrons. The summed E-state index contributed by atoms with van der Waals surface area (Å²) in [5.74, 6) is 0.126. The number of thioether (sulfide) groups is 1. The average molecular weight is 385 g/mol. The number of carbonyl (C=O) groups is 2. The van der Waals surface area contributed by atoms with Crippen molar-refractivity contribution in [2.24, 2.45) is 0 Å². The van der Waals surface area contributed by atoms with Gasteiger partial charge in [-0.1, -0.05) is 48.0 Å². The van der Waals surface area contributed by atoms with Crippen LogP contribution in [0.25, 0.3) is 0 Å². The van der Waals surface area contributed by atoms with Crippen molar-refractivity contribution in [3.8, 4) is 0 Å². The molecule has 27 heavy (non-hydrogen) atoms. The zero-order valence-corrected chi connectivity index (χ0v) is 17.3. The lowest BCUT2D eigenvalue weighted by atomic mass is 10.1. The molecule has 4 nitrogen and oxygen atoms in total. The maximum absolute atomic E-state index is 12.9. The molecule has 0 fully saturated rings. The molecule has 2 aromatic rings.